The number of hydrogen-bond acceptors (Lipinski definition) is 3. The zero-order chi connectivity index (χ0) is 15.4. The fraction of sp³-hybridized carbons (Fsp3) is 0.429. The van der Waals surface area contributed by atoms with Crippen molar-refractivity contribution in [1.29, 1.82) is 0 Å². The fourth-order valence-corrected chi connectivity index (χ4v) is 2.95. The molecule has 7 heteroatoms. The van der Waals surface area contributed by atoms with E-state index in [0.717, 1.165) is 12.8 Å². The van der Waals surface area contributed by atoms with E-state index in [4.69, 9.17) is 28.3 Å². The minimum atomic E-state index is -1.13. The first-order chi connectivity index (χ1) is 9.97. The molecule has 0 spiro atoms. The van der Waals surface area contributed by atoms with Gasteiger partial charge in [-0.25, -0.2) is 4.79 Å². The topological polar surface area (TPSA) is 78.4 Å². The number of carbonyl (C=O) groups is 2. The molecule has 0 aliphatic heterocycles. The van der Waals surface area contributed by atoms with E-state index in [1.807, 2.05) is 0 Å². The number of aromatic carboxylic acids is 1. The Hall–Kier alpha value is -1.30. The van der Waals surface area contributed by atoms with Crippen molar-refractivity contribution in [3.05, 3.63) is 27.7 Å². The Morgan fingerprint density at radius 2 is 1.76 bits per heavy atom. The van der Waals surface area contributed by atoms with E-state index in [2.05, 4.69) is 10.6 Å². The van der Waals surface area contributed by atoms with Gasteiger partial charge in [0.25, 0.3) is 0 Å². The molecule has 1 aromatic rings. The van der Waals surface area contributed by atoms with E-state index in [1.165, 1.54) is 25.0 Å². The van der Waals surface area contributed by atoms with Crippen LogP contribution in [0, 0.1) is 0 Å². The number of carbonyl (C=O) groups excluding carboxylic acids is 1. The molecule has 3 N–H and O–H groups in total. The molecule has 21 heavy (non-hydrogen) atoms. The molecule has 2 rings (SSSR count). The van der Waals surface area contributed by atoms with Crippen LogP contribution in [-0.4, -0.2) is 29.6 Å². The molecule has 0 aromatic heterocycles. The zero-order valence-electron chi connectivity index (χ0n) is 11.3. The smallest absolute Gasteiger partial charge is 0.335 e. The maximum atomic E-state index is 11.9. The van der Waals surface area contributed by atoms with Crippen LogP contribution < -0.4 is 10.6 Å². The Kier molecular flexibility index (Phi) is 5.45. The molecule has 0 bridgehead atoms. The van der Waals surface area contributed by atoms with Crippen LogP contribution in [0.25, 0.3) is 0 Å². The second-order valence-corrected chi connectivity index (χ2v) is 5.84. The average Bonchev–Trinajstić information content (AvgIpc) is 2.93. The molecule has 0 atom stereocenters. The van der Waals surface area contributed by atoms with Crippen molar-refractivity contribution >= 4 is 40.8 Å². The van der Waals surface area contributed by atoms with Gasteiger partial charge in [-0.2, -0.15) is 0 Å². The molecule has 1 aromatic carbocycles. The number of hydrogen-bond donors (Lipinski definition) is 3. The Morgan fingerprint density at radius 3 is 2.29 bits per heavy atom. The monoisotopic (exact) mass is 330 g/mol. The lowest BCUT2D eigenvalue weighted by atomic mass is 10.2. The van der Waals surface area contributed by atoms with E-state index in [9.17, 15) is 9.59 Å². The Labute approximate surface area is 132 Å². The van der Waals surface area contributed by atoms with Crippen LogP contribution >= 0.6 is 23.2 Å². The molecule has 1 saturated carbocycles. The van der Waals surface area contributed by atoms with E-state index in [-0.39, 0.29) is 33.7 Å². The number of amides is 1. The first-order valence-corrected chi connectivity index (χ1v) is 7.48. The maximum absolute atomic E-state index is 11.9. The summed E-state index contributed by atoms with van der Waals surface area (Å²) in [6.07, 6.45) is 4.55. The van der Waals surface area contributed by atoms with Gasteiger partial charge in [-0.15, -0.1) is 0 Å². The third kappa shape index (κ3) is 4.33. The van der Waals surface area contributed by atoms with Crippen LogP contribution in [-0.2, 0) is 4.79 Å². The summed E-state index contributed by atoms with van der Waals surface area (Å²) < 4.78 is 0. The zero-order valence-corrected chi connectivity index (χ0v) is 12.8. The number of nitrogens with one attached hydrogen (secondary N) is 2. The number of rotatable bonds is 5. The number of anilines is 1. The highest BCUT2D eigenvalue weighted by Crippen LogP contribution is 2.31. The normalized spacial score (nSPS) is 15.1. The van der Waals surface area contributed by atoms with Crippen molar-refractivity contribution < 1.29 is 14.7 Å². The van der Waals surface area contributed by atoms with Crippen LogP contribution in [0.4, 0.5) is 5.69 Å². The third-order valence-electron chi connectivity index (χ3n) is 3.46. The molecule has 114 valence electrons. The van der Waals surface area contributed by atoms with Crippen molar-refractivity contribution in [1.82, 2.24) is 5.32 Å². The van der Waals surface area contributed by atoms with Crippen molar-refractivity contribution in [2.24, 2.45) is 0 Å². The van der Waals surface area contributed by atoms with Crippen molar-refractivity contribution in [3.63, 3.8) is 0 Å². The molecule has 0 unspecified atom stereocenters. The predicted octanol–water partition coefficient (Wildman–Crippen LogP) is 3.16. The first-order valence-electron chi connectivity index (χ1n) is 6.73. The van der Waals surface area contributed by atoms with Gasteiger partial charge in [0.15, 0.2) is 0 Å². The second kappa shape index (κ2) is 7.11. The molecule has 1 aliphatic rings. The van der Waals surface area contributed by atoms with Crippen molar-refractivity contribution in [2.45, 2.75) is 31.7 Å². The lowest BCUT2D eigenvalue weighted by Gasteiger charge is -2.13. The Bertz CT molecular complexity index is 534. The summed E-state index contributed by atoms with van der Waals surface area (Å²) in [6.45, 7) is 0.179. The number of carboxylic acid groups (broad SMARTS) is 1. The SMILES string of the molecule is O=C(CNC1CCCC1)Nc1c(Cl)cc(C(=O)O)cc1Cl. The van der Waals surface area contributed by atoms with Crippen LogP contribution in [0.3, 0.4) is 0 Å². The highest BCUT2D eigenvalue weighted by Gasteiger charge is 2.17. The van der Waals surface area contributed by atoms with Crippen LogP contribution in [0.5, 0.6) is 0 Å². The number of benzene rings is 1. The van der Waals surface area contributed by atoms with Gasteiger partial charge >= 0.3 is 5.97 Å². The quantitative estimate of drug-likeness (QED) is 0.774. The first kappa shape index (κ1) is 16.1. The lowest BCUT2D eigenvalue weighted by molar-refractivity contribution is -0.115. The van der Waals surface area contributed by atoms with Gasteiger partial charge < -0.3 is 15.7 Å². The minimum Gasteiger partial charge on any atom is -0.478 e. The average molecular weight is 331 g/mol. The highest BCUT2D eigenvalue weighted by atomic mass is 35.5. The standard InChI is InChI=1S/C14H16Cl2N2O3/c15-10-5-8(14(20)21)6-11(16)13(10)18-12(19)7-17-9-3-1-2-4-9/h5-6,9,17H,1-4,7H2,(H,18,19)(H,20,21). The summed E-state index contributed by atoms with van der Waals surface area (Å²) in [4.78, 5) is 22.8. The van der Waals surface area contributed by atoms with Gasteiger partial charge in [0.2, 0.25) is 5.91 Å². The van der Waals surface area contributed by atoms with E-state index >= 15 is 0 Å². The minimum absolute atomic E-state index is 0.0212. The molecule has 0 radical (unpaired) electrons. The molecular weight excluding hydrogens is 315 g/mol. The molecule has 1 amide bonds. The second-order valence-electron chi connectivity index (χ2n) is 5.03. The largest absolute Gasteiger partial charge is 0.478 e. The number of halogens is 2. The third-order valence-corrected chi connectivity index (χ3v) is 4.06. The predicted molar refractivity (Wildman–Crippen MR) is 82.3 cm³/mol. The van der Waals surface area contributed by atoms with Crippen LogP contribution in [0.1, 0.15) is 36.0 Å². The summed E-state index contributed by atoms with van der Waals surface area (Å²) in [6, 6.07) is 2.90. The van der Waals surface area contributed by atoms with Crippen molar-refractivity contribution in [3.8, 4) is 0 Å². The summed E-state index contributed by atoms with van der Waals surface area (Å²) in [5.41, 5.74) is 0.216. The van der Waals surface area contributed by atoms with Gasteiger partial charge in [-0.1, -0.05) is 36.0 Å². The number of carboxylic acids is 1. The van der Waals surface area contributed by atoms with Crippen LogP contribution in [0.15, 0.2) is 12.1 Å². The van der Waals surface area contributed by atoms with E-state index in [1.54, 1.807) is 0 Å². The molecule has 0 heterocycles. The van der Waals surface area contributed by atoms with Gasteiger partial charge in [-0.05, 0) is 25.0 Å². The molecule has 1 fully saturated rings. The summed E-state index contributed by atoms with van der Waals surface area (Å²) >= 11 is 11.9. The molecular formula is C14H16Cl2N2O3. The Balaban J connectivity index is 1.98. The lowest BCUT2D eigenvalue weighted by Crippen LogP contribution is -2.34. The summed E-state index contributed by atoms with van der Waals surface area (Å²) in [5.74, 6) is -1.38. The van der Waals surface area contributed by atoms with Gasteiger partial charge in [0.1, 0.15) is 0 Å². The molecule has 0 saturated heterocycles. The van der Waals surface area contributed by atoms with E-state index < -0.39 is 5.97 Å². The summed E-state index contributed by atoms with van der Waals surface area (Å²) in [7, 11) is 0. The Morgan fingerprint density at radius 1 is 1.19 bits per heavy atom. The molecule has 5 nitrogen and oxygen atoms in total. The van der Waals surface area contributed by atoms with Gasteiger partial charge in [-0.3, -0.25) is 4.79 Å². The maximum Gasteiger partial charge on any atom is 0.335 e. The van der Waals surface area contributed by atoms with Crippen LogP contribution in [0.2, 0.25) is 10.0 Å². The highest BCUT2D eigenvalue weighted by molar-refractivity contribution is 6.40. The van der Waals surface area contributed by atoms with Gasteiger partial charge in [0.05, 0.1) is 27.8 Å². The van der Waals surface area contributed by atoms with Crippen molar-refractivity contribution in [2.75, 3.05) is 11.9 Å². The summed E-state index contributed by atoms with van der Waals surface area (Å²) in [5, 5.41) is 14.9. The van der Waals surface area contributed by atoms with E-state index in [0.29, 0.717) is 6.04 Å². The fourth-order valence-electron chi connectivity index (χ4n) is 2.37. The van der Waals surface area contributed by atoms with Gasteiger partial charge in [0, 0.05) is 6.04 Å². The molecule has 1 aliphatic carbocycles.